The van der Waals surface area contributed by atoms with Gasteiger partial charge in [-0.1, -0.05) is 27.7 Å². The number of nitrogens with zero attached hydrogens (tertiary/aromatic N) is 2. The number of H-pyrrole nitrogens is 1. The first-order valence-electron chi connectivity index (χ1n) is 7.29. The molecule has 0 amide bonds. The van der Waals surface area contributed by atoms with Gasteiger partial charge >= 0.3 is 0 Å². The van der Waals surface area contributed by atoms with Gasteiger partial charge in [0.15, 0.2) is 5.82 Å². The SMILES string of the molecule is CCC1(F)CCN(c2ncc(C(C)(C)C)[nH]c2=O)CC1. The maximum absolute atomic E-state index is 14.2. The second kappa shape index (κ2) is 5.19. The average molecular weight is 281 g/mol. The second-order valence-corrected chi connectivity index (χ2v) is 6.69. The first-order chi connectivity index (χ1) is 9.25. The lowest BCUT2D eigenvalue weighted by atomic mass is 9.91. The second-order valence-electron chi connectivity index (χ2n) is 6.69. The van der Waals surface area contributed by atoms with Gasteiger partial charge in [-0.05, 0) is 19.3 Å². The monoisotopic (exact) mass is 281 g/mol. The smallest absolute Gasteiger partial charge is 0.291 e. The first kappa shape index (κ1) is 15.0. The fourth-order valence-corrected chi connectivity index (χ4v) is 2.47. The summed E-state index contributed by atoms with van der Waals surface area (Å²) in [6.07, 6.45) is 3.18. The van der Waals surface area contributed by atoms with Gasteiger partial charge in [0.1, 0.15) is 5.67 Å². The molecule has 0 bridgehead atoms. The van der Waals surface area contributed by atoms with Crippen molar-refractivity contribution in [2.45, 2.75) is 58.0 Å². The lowest BCUT2D eigenvalue weighted by Gasteiger charge is -2.36. The molecule has 20 heavy (non-hydrogen) atoms. The Morgan fingerprint density at radius 3 is 2.45 bits per heavy atom. The normalized spacial score (nSPS) is 19.1. The zero-order valence-corrected chi connectivity index (χ0v) is 12.8. The molecular formula is C15H24FN3O. The number of piperidine rings is 1. The van der Waals surface area contributed by atoms with E-state index in [1.807, 2.05) is 32.6 Å². The van der Waals surface area contributed by atoms with Crippen molar-refractivity contribution < 1.29 is 4.39 Å². The molecule has 1 fully saturated rings. The van der Waals surface area contributed by atoms with Crippen LogP contribution in [0.15, 0.2) is 11.0 Å². The topological polar surface area (TPSA) is 49.0 Å². The summed E-state index contributed by atoms with van der Waals surface area (Å²) in [7, 11) is 0. The van der Waals surface area contributed by atoms with Crippen LogP contribution in [0, 0.1) is 0 Å². The first-order valence-corrected chi connectivity index (χ1v) is 7.29. The van der Waals surface area contributed by atoms with Crippen molar-refractivity contribution in [1.29, 1.82) is 0 Å². The van der Waals surface area contributed by atoms with Crippen LogP contribution in [0.5, 0.6) is 0 Å². The Kier molecular flexibility index (Phi) is 3.89. The van der Waals surface area contributed by atoms with E-state index in [0.29, 0.717) is 38.2 Å². The van der Waals surface area contributed by atoms with Crippen LogP contribution in [-0.2, 0) is 5.41 Å². The Balaban J connectivity index is 2.18. The van der Waals surface area contributed by atoms with Crippen molar-refractivity contribution in [2.75, 3.05) is 18.0 Å². The number of rotatable bonds is 2. The van der Waals surface area contributed by atoms with E-state index in [-0.39, 0.29) is 11.0 Å². The third kappa shape index (κ3) is 3.02. The number of alkyl halides is 1. The third-order valence-corrected chi connectivity index (χ3v) is 4.17. The van der Waals surface area contributed by atoms with Gasteiger partial charge < -0.3 is 9.88 Å². The quantitative estimate of drug-likeness (QED) is 0.907. The van der Waals surface area contributed by atoms with Crippen LogP contribution in [0.1, 0.15) is 52.7 Å². The predicted octanol–water partition coefficient (Wildman–Crippen LogP) is 2.79. The Hall–Kier alpha value is -1.39. The molecular weight excluding hydrogens is 257 g/mol. The Bertz CT molecular complexity index is 525. The molecule has 1 aromatic heterocycles. The molecule has 0 radical (unpaired) electrons. The highest BCUT2D eigenvalue weighted by Gasteiger charge is 2.33. The standard InChI is InChI=1S/C15H24FN3O/c1-5-15(16)6-8-19(9-7-15)12-13(20)18-11(10-17-12)14(2,3)4/h10H,5-9H2,1-4H3,(H,18,20). The van der Waals surface area contributed by atoms with Crippen LogP contribution >= 0.6 is 0 Å². The van der Waals surface area contributed by atoms with Crippen molar-refractivity contribution in [2.24, 2.45) is 0 Å². The molecule has 1 saturated heterocycles. The Morgan fingerprint density at radius 1 is 1.40 bits per heavy atom. The third-order valence-electron chi connectivity index (χ3n) is 4.17. The molecule has 2 rings (SSSR count). The van der Waals surface area contributed by atoms with Gasteiger partial charge in [-0.15, -0.1) is 0 Å². The van der Waals surface area contributed by atoms with E-state index in [9.17, 15) is 9.18 Å². The average Bonchev–Trinajstić information content (AvgIpc) is 2.39. The van der Waals surface area contributed by atoms with Gasteiger partial charge in [-0.25, -0.2) is 9.37 Å². The molecule has 1 aliphatic rings. The van der Waals surface area contributed by atoms with Crippen molar-refractivity contribution in [3.05, 3.63) is 22.2 Å². The summed E-state index contributed by atoms with van der Waals surface area (Å²) in [6, 6.07) is 0. The molecule has 5 heteroatoms. The molecule has 112 valence electrons. The lowest BCUT2D eigenvalue weighted by molar-refractivity contribution is 0.120. The molecule has 0 aromatic carbocycles. The van der Waals surface area contributed by atoms with Gasteiger partial charge in [-0.2, -0.15) is 0 Å². The molecule has 4 nitrogen and oxygen atoms in total. The van der Waals surface area contributed by atoms with E-state index < -0.39 is 5.67 Å². The minimum atomic E-state index is -1.07. The molecule has 0 atom stereocenters. The van der Waals surface area contributed by atoms with Crippen LogP contribution in [0.3, 0.4) is 0 Å². The van der Waals surface area contributed by atoms with Crippen molar-refractivity contribution >= 4 is 5.82 Å². The zero-order chi connectivity index (χ0) is 15.0. The summed E-state index contributed by atoms with van der Waals surface area (Å²) < 4.78 is 14.2. The summed E-state index contributed by atoms with van der Waals surface area (Å²) in [6.45, 7) is 9.06. The lowest BCUT2D eigenvalue weighted by Crippen LogP contribution is -2.44. The predicted molar refractivity (Wildman–Crippen MR) is 79.1 cm³/mol. The highest BCUT2D eigenvalue weighted by molar-refractivity contribution is 5.37. The van der Waals surface area contributed by atoms with Crippen molar-refractivity contribution in [1.82, 2.24) is 9.97 Å². The Morgan fingerprint density at radius 2 is 2.00 bits per heavy atom. The van der Waals surface area contributed by atoms with E-state index >= 15 is 0 Å². The number of aromatic amines is 1. The number of halogens is 1. The van der Waals surface area contributed by atoms with Gasteiger partial charge in [0, 0.05) is 30.4 Å². The number of aromatic nitrogens is 2. The largest absolute Gasteiger partial charge is 0.352 e. The fraction of sp³-hybridized carbons (Fsp3) is 0.733. The van der Waals surface area contributed by atoms with Crippen molar-refractivity contribution in [3.63, 3.8) is 0 Å². The molecule has 0 aliphatic carbocycles. The van der Waals surface area contributed by atoms with E-state index in [0.717, 1.165) is 5.69 Å². The van der Waals surface area contributed by atoms with Gasteiger partial charge in [0.2, 0.25) is 0 Å². The van der Waals surface area contributed by atoms with Crippen LogP contribution in [0.4, 0.5) is 10.2 Å². The highest BCUT2D eigenvalue weighted by Crippen LogP contribution is 2.30. The highest BCUT2D eigenvalue weighted by atomic mass is 19.1. The van der Waals surface area contributed by atoms with E-state index in [1.165, 1.54) is 0 Å². The molecule has 0 unspecified atom stereocenters. The van der Waals surface area contributed by atoms with E-state index in [1.54, 1.807) is 6.20 Å². The summed E-state index contributed by atoms with van der Waals surface area (Å²) >= 11 is 0. The van der Waals surface area contributed by atoms with Crippen molar-refractivity contribution in [3.8, 4) is 0 Å². The zero-order valence-electron chi connectivity index (χ0n) is 12.8. The number of hydrogen-bond donors (Lipinski definition) is 1. The fourth-order valence-electron chi connectivity index (χ4n) is 2.47. The van der Waals surface area contributed by atoms with Crippen LogP contribution in [0.25, 0.3) is 0 Å². The summed E-state index contributed by atoms with van der Waals surface area (Å²) in [5.41, 5.74) is -0.575. The molecule has 0 saturated carbocycles. The van der Waals surface area contributed by atoms with E-state index in [2.05, 4.69) is 9.97 Å². The van der Waals surface area contributed by atoms with E-state index in [4.69, 9.17) is 0 Å². The number of hydrogen-bond acceptors (Lipinski definition) is 3. The minimum Gasteiger partial charge on any atom is -0.352 e. The maximum Gasteiger partial charge on any atom is 0.291 e. The summed E-state index contributed by atoms with van der Waals surface area (Å²) in [4.78, 5) is 21.2. The number of nitrogens with one attached hydrogen (secondary N) is 1. The molecule has 1 N–H and O–H groups in total. The van der Waals surface area contributed by atoms with Crippen LogP contribution < -0.4 is 10.5 Å². The van der Waals surface area contributed by atoms with Crippen LogP contribution in [0.2, 0.25) is 0 Å². The molecule has 1 aliphatic heterocycles. The van der Waals surface area contributed by atoms with Gasteiger partial charge in [0.05, 0.1) is 0 Å². The summed E-state index contributed by atoms with van der Waals surface area (Å²) in [5.74, 6) is 0.413. The summed E-state index contributed by atoms with van der Waals surface area (Å²) in [5, 5.41) is 0. The molecule has 1 aromatic rings. The minimum absolute atomic E-state index is 0.136. The maximum atomic E-state index is 14.2. The molecule has 2 heterocycles. The molecule has 0 spiro atoms. The van der Waals surface area contributed by atoms with Gasteiger partial charge in [-0.3, -0.25) is 4.79 Å². The number of anilines is 1. The van der Waals surface area contributed by atoms with Gasteiger partial charge in [0.25, 0.3) is 5.56 Å². The Labute approximate surface area is 119 Å². The van der Waals surface area contributed by atoms with Crippen LogP contribution in [-0.4, -0.2) is 28.7 Å².